The van der Waals surface area contributed by atoms with Crippen LogP contribution in [-0.2, 0) is 15.6 Å². The van der Waals surface area contributed by atoms with Crippen LogP contribution in [0.3, 0.4) is 0 Å². The smallest absolute Gasteiger partial charge is 0.416 e. The standard InChI is InChI=1S/C9H8BrNO4S/c10-5-7-1-3-8(4-2-7)11(9(12)13)6-16(14)15/h1-4,6H,5H2,(H,12,13). The molecule has 0 bridgehead atoms. The van der Waals surface area contributed by atoms with E-state index in [9.17, 15) is 13.2 Å². The summed E-state index contributed by atoms with van der Waals surface area (Å²) >= 11 is 3.25. The highest BCUT2D eigenvalue weighted by molar-refractivity contribution is 9.08. The van der Waals surface area contributed by atoms with Gasteiger partial charge in [-0.1, -0.05) is 28.1 Å². The highest BCUT2D eigenvalue weighted by Gasteiger charge is 2.11. The monoisotopic (exact) mass is 305 g/mol. The molecular formula is C9H8BrNO4S. The molecule has 0 spiro atoms. The average molecular weight is 306 g/mol. The van der Waals surface area contributed by atoms with Gasteiger partial charge in [-0.2, -0.15) is 8.42 Å². The van der Waals surface area contributed by atoms with E-state index in [2.05, 4.69) is 15.9 Å². The average Bonchev–Trinajstić information content (AvgIpc) is 2.25. The summed E-state index contributed by atoms with van der Waals surface area (Å²) in [7, 11) is -2.56. The fourth-order valence-electron chi connectivity index (χ4n) is 1.05. The molecule has 0 fully saturated rings. The molecule has 0 heterocycles. The van der Waals surface area contributed by atoms with Gasteiger partial charge in [-0.15, -0.1) is 0 Å². The molecule has 5 nitrogen and oxygen atoms in total. The molecule has 1 N–H and O–H groups in total. The molecule has 0 saturated heterocycles. The van der Waals surface area contributed by atoms with Crippen molar-refractivity contribution >= 4 is 43.5 Å². The molecule has 0 saturated carbocycles. The molecule has 1 aromatic carbocycles. The van der Waals surface area contributed by atoms with Crippen LogP contribution in [0, 0.1) is 0 Å². The molecule has 0 unspecified atom stereocenters. The van der Waals surface area contributed by atoms with Crippen LogP contribution in [0.4, 0.5) is 10.5 Å². The molecule has 1 aromatic rings. The number of hydrogen-bond acceptors (Lipinski definition) is 3. The van der Waals surface area contributed by atoms with Gasteiger partial charge < -0.3 is 5.11 Å². The summed E-state index contributed by atoms with van der Waals surface area (Å²) in [5.74, 6) is 0. The third-order valence-corrected chi connectivity index (χ3v) is 2.80. The van der Waals surface area contributed by atoms with E-state index in [1.54, 1.807) is 12.1 Å². The van der Waals surface area contributed by atoms with E-state index in [1.807, 2.05) is 0 Å². The maximum absolute atomic E-state index is 10.8. The fourth-order valence-corrected chi connectivity index (χ4v) is 1.81. The van der Waals surface area contributed by atoms with Gasteiger partial charge in [-0.25, -0.2) is 9.69 Å². The van der Waals surface area contributed by atoms with Crippen molar-refractivity contribution in [1.29, 1.82) is 0 Å². The first-order chi connectivity index (χ1) is 7.54. The molecular weight excluding hydrogens is 298 g/mol. The molecule has 0 atom stereocenters. The number of nitrogens with zero attached hydrogens (tertiary/aromatic N) is 1. The van der Waals surface area contributed by atoms with Crippen molar-refractivity contribution in [1.82, 2.24) is 0 Å². The minimum atomic E-state index is -2.56. The van der Waals surface area contributed by atoms with E-state index in [0.717, 1.165) is 5.56 Å². The van der Waals surface area contributed by atoms with E-state index in [0.29, 0.717) is 15.7 Å². The summed E-state index contributed by atoms with van der Waals surface area (Å²) in [6.45, 7) is 0. The van der Waals surface area contributed by atoms with Gasteiger partial charge in [-0.3, -0.25) is 0 Å². The summed E-state index contributed by atoms with van der Waals surface area (Å²) in [5, 5.41) is 9.46. The Kier molecular flexibility index (Phi) is 4.51. The molecule has 1 amide bonds. The molecule has 16 heavy (non-hydrogen) atoms. The topological polar surface area (TPSA) is 74.7 Å². The quantitative estimate of drug-likeness (QED) is 0.681. The van der Waals surface area contributed by atoms with Crippen molar-refractivity contribution in [2.24, 2.45) is 0 Å². The summed E-state index contributed by atoms with van der Waals surface area (Å²) in [6, 6.07) is 6.49. The maximum atomic E-state index is 10.8. The van der Waals surface area contributed by atoms with Crippen LogP contribution in [0.5, 0.6) is 0 Å². The van der Waals surface area contributed by atoms with Crippen molar-refractivity contribution in [3.8, 4) is 0 Å². The van der Waals surface area contributed by atoms with Gasteiger partial charge in [0.25, 0.3) is 0 Å². The minimum Gasteiger partial charge on any atom is -0.464 e. The Bertz CT molecular complexity index is 501. The predicted octanol–water partition coefficient (Wildman–Crippen LogP) is 1.70. The summed E-state index contributed by atoms with van der Waals surface area (Å²) < 4.78 is 20.9. The highest BCUT2D eigenvalue weighted by atomic mass is 79.9. The molecule has 0 radical (unpaired) electrons. The van der Waals surface area contributed by atoms with E-state index < -0.39 is 16.4 Å². The summed E-state index contributed by atoms with van der Waals surface area (Å²) in [6.07, 6.45) is -1.35. The number of halogens is 1. The number of carbonyl (C=O) groups is 1. The Morgan fingerprint density at radius 2 is 1.94 bits per heavy atom. The molecule has 0 aliphatic heterocycles. The van der Waals surface area contributed by atoms with Crippen molar-refractivity contribution in [2.45, 2.75) is 5.33 Å². The van der Waals surface area contributed by atoms with E-state index in [1.165, 1.54) is 12.1 Å². The molecule has 0 aromatic heterocycles. The first kappa shape index (κ1) is 12.7. The van der Waals surface area contributed by atoms with Crippen LogP contribution >= 0.6 is 15.9 Å². The number of amides is 1. The van der Waals surface area contributed by atoms with Gasteiger partial charge in [-0.05, 0) is 17.7 Å². The summed E-state index contributed by atoms with van der Waals surface area (Å²) in [5.41, 5.74) is 1.85. The van der Waals surface area contributed by atoms with E-state index >= 15 is 0 Å². The lowest BCUT2D eigenvalue weighted by atomic mass is 10.2. The lowest BCUT2D eigenvalue weighted by Gasteiger charge is -2.12. The first-order valence-corrected chi connectivity index (χ1v) is 6.40. The zero-order valence-corrected chi connectivity index (χ0v) is 10.4. The van der Waals surface area contributed by atoms with Gasteiger partial charge in [0.05, 0.1) is 5.69 Å². The summed E-state index contributed by atoms with van der Waals surface area (Å²) in [4.78, 5) is 11.4. The minimum absolute atomic E-state index is 0.279. The molecule has 1 rings (SSSR count). The molecule has 86 valence electrons. The molecule has 7 heteroatoms. The lowest BCUT2D eigenvalue weighted by Crippen LogP contribution is -2.27. The Hall–Kier alpha value is -1.34. The number of alkyl halides is 1. The van der Waals surface area contributed by atoms with E-state index in [4.69, 9.17) is 5.11 Å². The normalized spacial score (nSPS) is 9.56. The van der Waals surface area contributed by atoms with Crippen molar-refractivity contribution in [3.63, 3.8) is 0 Å². The number of rotatable bonds is 3. The Morgan fingerprint density at radius 1 is 1.38 bits per heavy atom. The van der Waals surface area contributed by atoms with Gasteiger partial charge in [0.2, 0.25) is 10.3 Å². The van der Waals surface area contributed by atoms with Crippen LogP contribution < -0.4 is 4.90 Å². The second-order valence-corrected chi connectivity index (χ2v) is 4.11. The Morgan fingerprint density at radius 3 is 2.31 bits per heavy atom. The predicted molar refractivity (Wildman–Crippen MR) is 64.6 cm³/mol. The van der Waals surface area contributed by atoms with Crippen LogP contribution in [0.25, 0.3) is 0 Å². The third-order valence-electron chi connectivity index (χ3n) is 1.77. The number of anilines is 1. The second kappa shape index (κ2) is 5.66. The van der Waals surface area contributed by atoms with E-state index in [-0.39, 0.29) is 5.69 Å². The van der Waals surface area contributed by atoms with Crippen LogP contribution in [0.15, 0.2) is 24.3 Å². The maximum Gasteiger partial charge on any atom is 0.416 e. The fraction of sp³-hybridized carbons (Fsp3) is 0.111. The number of benzene rings is 1. The van der Waals surface area contributed by atoms with Gasteiger partial charge in [0, 0.05) is 5.33 Å². The van der Waals surface area contributed by atoms with Gasteiger partial charge >= 0.3 is 6.09 Å². The Labute approximate surface area is 102 Å². The molecule has 0 aliphatic rings. The number of hydrogen-bond donors (Lipinski definition) is 1. The zero-order valence-electron chi connectivity index (χ0n) is 8.00. The molecule has 0 aliphatic carbocycles. The number of carboxylic acid groups (broad SMARTS) is 1. The van der Waals surface area contributed by atoms with Crippen LogP contribution in [0.2, 0.25) is 0 Å². The lowest BCUT2D eigenvalue weighted by molar-refractivity contribution is 0.206. The largest absolute Gasteiger partial charge is 0.464 e. The van der Waals surface area contributed by atoms with Crippen molar-refractivity contribution in [2.75, 3.05) is 4.90 Å². The van der Waals surface area contributed by atoms with Crippen molar-refractivity contribution in [3.05, 3.63) is 29.8 Å². The highest BCUT2D eigenvalue weighted by Crippen LogP contribution is 2.15. The SMILES string of the molecule is O=C(O)N(C=S(=O)=O)c1ccc(CBr)cc1. The van der Waals surface area contributed by atoms with Crippen molar-refractivity contribution < 1.29 is 18.3 Å². The van der Waals surface area contributed by atoms with Gasteiger partial charge in [0.1, 0.15) is 5.49 Å². The van der Waals surface area contributed by atoms with Crippen LogP contribution in [-0.4, -0.2) is 25.1 Å². The second-order valence-electron chi connectivity index (χ2n) is 2.82. The first-order valence-electron chi connectivity index (χ1n) is 4.14. The Balaban J connectivity index is 3.12. The third kappa shape index (κ3) is 3.35. The van der Waals surface area contributed by atoms with Crippen LogP contribution in [0.1, 0.15) is 5.56 Å². The van der Waals surface area contributed by atoms with Gasteiger partial charge in [0.15, 0.2) is 0 Å². The zero-order chi connectivity index (χ0) is 12.1.